The Morgan fingerprint density at radius 1 is 0.439 bits per heavy atom. The van der Waals surface area contributed by atoms with Crippen LogP contribution in [0.5, 0.6) is 0 Å². The molecule has 5 nitrogen and oxygen atoms in total. The predicted molar refractivity (Wildman–Crippen MR) is 272 cm³/mol. The minimum atomic E-state index is -0.347. The van der Waals surface area contributed by atoms with Crippen molar-refractivity contribution in [3.8, 4) is 16.8 Å². The van der Waals surface area contributed by atoms with E-state index in [0.717, 1.165) is 95.0 Å². The fraction of sp³-hybridized carbons (Fsp3) is 0.0492. The monoisotopic (exact) mass is 843 g/mol. The molecule has 3 aliphatic heterocycles. The summed E-state index contributed by atoms with van der Waals surface area (Å²) in [6, 6.07) is 72.0. The lowest BCUT2D eigenvalue weighted by Crippen LogP contribution is -2.31. The fourth-order valence-electron chi connectivity index (χ4n) is 11.3. The average molecular weight is 844 g/mol. The van der Waals surface area contributed by atoms with E-state index in [1.54, 1.807) is 0 Å². The summed E-state index contributed by atoms with van der Waals surface area (Å²) in [5.41, 5.74) is 14.6. The van der Waals surface area contributed by atoms with Gasteiger partial charge >= 0.3 is 0 Å². The molecule has 0 spiro atoms. The van der Waals surface area contributed by atoms with E-state index in [1.807, 2.05) is 12.1 Å². The van der Waals surface area contributed by atoms with Crippen LogP contribution in [0.4, 0.5) is 0 Å². The molecule has 10 aromatic carbocycles. The van der Waals surface area contributed by atoms with Crippen molar-refractivity contribution in [1.29, 1.82) is 0 Å². The van der Waals surface area contributed by atoms with Gasteiger partial charge in [0.2, 0.25) is 0 Å². The lowest BCUT2D eigenvalue weighted by molar-refractivity contribution is 0.544. The summed E-state index contributed by atoms with van der Waals surface area (Å²) in [6.07, 6.45) is 0.729. The van der Waals surface area contributed by atoms with Crippen molar-refractivity contribution < 1.29 is 8.83 Å². The Bertz CT molecular complexity index is 4280. The number of nitrogens with zero attached hydrogens (tertiary/aromatic N) is 3. The smallest absolute Gasteiger partial charge is 0.155 e. The number of para-hydroxylation sites is 2. The summed E-state index contributed by atoms with van der Waals surface area (Å²) < 4.78 is 15.7. The standard InChI is InChI=1S/C61H37N3O2/c1-2-11-36(12-3-1)37-15-10-16-42(31-37)61-62-57(41-23-27-54-49(33-41)44-17-6-8-19-52(44)65-54)50-30-35-21-24-43-40(29-35)22-25-45-48-32-38-13-4-5-14-39(38)34-51(48)64(59(43)45)60-47(58(50)63-61)26-28-55-56(60)46-18-7-9-20-53(46)66-55/h1-29,31-34,50,58H,30H2. The number of aliphatic imine (C=N–C) groups is 2. The van der Waals surface area contributed by atoms with Crippen molar-refractivity contribution in [1.82, 2.24) is 4.57 Å². The Kier molecular flexibility index (Phi) is 7.33. The minimum Gasteiger partial charge on any atom is -0.456 e. The third kappa shape index (κ3) is 5.16. The lowest BCUT2D eigenvalue weighted by Gasteiger charge is -2.32. The van der Waals surface area contributed by atoms with Gasteiger partial charge in [0.05, 0.1) is 33.9 Å². The molecule has 0 N–H and O–H groups in total. The highest BCUT2D eigenvalue weighted by atomic mass is 16.3. The predicted octanol–water partition coefficient (Wildman–Crippen LogP) is 15.7. The maximum absolute atomic E-state index is 6.78. The molecule has 0 radical (unpaired) electrons. The highest BCUT2D eigenvalue weighted by molar-refractivity contribution is 6.23. The van der Waals surface area contributed by atoms with Crippen LogP contribution in [0, 0.1) is 5.92 Å². The van der Waals surface area contributed by atoms with Crippen LogP contribution in [0.15, 0.2) is 219 Å². The largest absolute Gasteiger partial charge is 0.456 e. The van der Waals surface area contributed by atoms with Crippen LogP contribution in [0.3, 0.4) is 0 Å². The summed E-state index contributed by atoms with van der Waals surface area (Å²) in [7, 11) is 0. The Balaban J connectivity index is 1.09. The first-order chi connectivity index (χ1) is 32.7. The maximum atomic E-state index is 6.78. The molecule has 16 rings (SSSR count). The summed E-state index contributed by atoms with van der Waals surface area (Å²) in [5, 5.41) is 11.6. The molecule has 0 saturated heterocycles. The van der Waals surface area contributed by atoms with Crippen LogP contribution < -0.4 is 0 Å². The quantitative estimate of drug-likeness (QED) is 0.178. The Hall–Kier alpha value is -8.54. The molecule has 2 unspecified atom stereocenters. The number of rotatable bonds is 3. The Labute approximate surface area is 378 Å². The zero-order valence-electron chi connectivity index (χ0n) is 35.6. The Morgan fingerprint density at radius 3 is 2.05 bits per heavy atom. The second-order valence-corrected chi connectivity index (χ2v) is 18.0. The third-order valence-corrected chi connectivity index (χ3v) is 14.3. The van der Waals surface area contributed by atoms with E-state index in [4.69, 9.17) is 18.8 Å². The lowest BCUT2D eigenvalue weighted by atomic mass is 9.79. The number of fused-ring (bicyclic) bond motifs is 10. The first kappa shape index (κ1) is 35.9. The Morgan fingerprint density at radius 2 is 1.15 bits per heavy atom. The molecule has 308 valence electrons. The second kappa shape index (κ2) is 13.5. The SMILES string of the molecule is c1ccc(-c2cccc(C3=NC4c5ccc6oc7ccccc7c6c5-n5c6cc7ccccc7cc6c6ccc7cc(ccc7c65)CC4C(c4ccc5oc6ccccc6c5c4)=N3)c2)cc1. The zero-order valence-corrected chi connectivity index (χ0v) is 35.6. The van der Waals surface area contributed by atoms with E-state index in [1.165, 1.54) is 43.4 Å². The van der Waals surface area contributed by atoms with Gasteiger partial charge in [0.15, 0.2) is 5.84 Å². The summed E-state index contributed by atoms with van der Waals surface area (Å²) in [4.78, 5) is 11.6. The highest BCUT2D eigenvalue weighted by Gasteiger charge is 2.37. The van der Waals surface area contributed by atoms with Gasteiger partial charge in [-0.2, -0.15) is 0 Å². The van der Waals surface area contributed by atoms with E-state index in [9.17, 15) is 0 Å². The molecule has 66 heavy (non-hydrogen) atoms. The van der Waals surface area contributed by atoms with E-state index in [-0.39, 0.29) is 12.0 Å². The van der Waals surface area contributed by atoms with Gasteiger partial charge in [0.25, 0.3) is 0 Å². The van der Waals surface area contributed by atoms with Crippen molar-refractivity contribution in [3.63, 3.8) is 0 Å². The number of hydrogen-bond acceptors (Lipinski definition) is 4. The molecule has 13 aromatic rings. The fourth-order valence-corrected chi connectivity index (χ4v) is 11.3. The van der Waals surface area contributed by atoms with Crippen LogP contribution in [0.1, 0.15) is 28.3 Å². The first-order valence-electron chi connectivity index (χ1n) is 22.8. The van der Waals surface area contributed by atoms with Gasteiger partial charge in [-0.1, -0.05) is 146 Å². The molecule has 3 aliphatic rings. The molecule has 4 bridgehead atoms. The second-order valence-electron chi connectivity index (χ2n) is 18.0. The minimum absolute atomic E-state index is 0.150. The number of benzene rings is 10. The third-order valence-electron chi connectivity index (χ3n) is 14.3. The van der Waals surface area contributed by atoms with Crippen LogP contribution in [-0.4, -0.2) is 16.1 Å². The van der Waals surface area contributed by atoms with Gasteiger partial charge in [-0.15, -0.1) is 0 Å². The molecule has 6 heterocycles. The van der Waals surface area contributed by atoms with E-state index < -0.39 is 0 Å². The normalized spacial score (nSPS) is 16.0. The van der Waals surface area contributed by atoms with Crippen molar-refractivity contribution in [3.05, 3.63) is 222 Å². The molecule has 3 aromatic heterocycles. The van der Waals surface area contributed by atoms with Crippen molar-refractivity contribution in [2.24, 2.45) is 15.9 Å². The van der Waals surface area contributed by atoms with Crippen LogP contribution in [0.2, 0.25) is 0 Å². The van der Waals surface area contributed by atoms with E-state index in [0.29, 0.717) is 5.84 Å². The highest BCUT2D eigenvalue weighted by Crippen LogP contribution is 2.49. The van der Waals surface area contributed by atoms with Gasteiger partial charge in [0, 0.05) is 49.4 Å². The van der Waals surface area contributed by atoms with Crippen molar-refractivity contribution >= 4 is 98.8 Å². The van der Waals surface area contributed by atoms with Crippen LogP contribution >= 0.6 is 0 Å². The van der Waals surface area contributed by atoms with Gasteiger partial charge < -0.3 is 13.4 Å². The summed E-state index contributed by atoms with van der Waals surface area (Å²) in [5.74, 6) is 0.563. The number of furan rings is 2. The molecule has 5 heteroatoms. The first-order valence-corrected chi connectivity index (χ1v) is 22.8. The zero-order chi connectivity index (χ0) is 43.0. The van der Waals surface area contributed by atoms with Gasteiger partial charge in [-0.3, -0.25) is 4.99 Å². The van der Waals surface area contributed by atoms with Crippen LogP contribution in [0.25, 0.3) is 104 Å². The van der Waals surface area contributed by atoms with Gasteiger partial charge in [-0.25, -0.2) is 4.99 Å². The van der Waals surface area contributed by atoms with Gasteiger partial charge in [0.1, 0.15) is 22.3 Å². The number of aromatic nitrogens is 1. The molecular formula is C61H37N3O2. The van der Waals surface area contributed by atoms with Crippen molar-refractivity contribution in [2.75, 3.05) is 0 Å². The van der Waals surface area contributed by atoms with Crippen molar-refractivity contribution in [2.45, 2.75) is 12.5 Å². The number of amidine groups is 1. The number of hydrogen-bond donors (Lipinski definition) is 0. The molecular weight excluding hydrogens is 807 g/mol. The van der Waals surface area contributed by atoms with Crippen LogP contribution in [-0.2, 0) is 6.42 Å². The molecule has 0 aliphatic carbocycles. The van der Waals surface area contributed by atoms with Gasteiger partial charge in [-0.05, 0) is 99.4 Å². The maximum Gasteiger partial charge on any atom is 0.155 e. The topological polar surface area (TPSA) is 55.9 Å². The van der Waals surface area contributed by atoms with E-state index in [2.05, 4.69) is 193 Å². The molecule has 0 saturated carbocycles. The molecule has 0 fully saturated rings. The molecule has 0 amide bonds. The van der Waals surface area contributed by atoms with E-state index >= 15 is 0 Å². The molecule has 2 atom stereocenters. The summed E-state index contributed by atoms with van der Waals surface area (Å²) >= 11 is 0. The average Bonchev–Trinajstić information content (AvgIpc) is 4.04. The summed E-state index contributed by atoms with van der Waals surface area (Å²) in [6.45, 7) is 0.